The molecule has 1 unspecified atom stereocenters. The molecular formula is C12H18N2O2S. The number of nitrogens with zero attached hydrogens (tertiary/aromatic N) is 1. The third-order valence-corrected chi connectivity index (χ3v) is 3.43. The fourth-order valence-corrected chi connectivity index (χ4v) is 2.23. The molecule has 0 aliphatic rings. The van der Waals surface area contributed by atoms with Gasteiger partial charge in [0.2, 0.25) is 0 Å². The molecule has 94 valence electrons. The minimum atomic E-state index is -0.365. The second kappa shape index (κ2) is 6.49. The van der Waals surface area contributed by atoms with Crippen LogP contribution in [0.1, 0.15) is 12.5 Å². The fraction of sp³-hybridized carbons (Fsp3) is 0.500. The topological polar surface area (TPSA) is 55.2 Å². The number of hydrogen-bond acceptors (Lipinski definition) is 4. The molecule has 0 saturated carbocycles. The molecule has 0 amide bonds. The summed E-state index contributed by atoms with van der Waals surface area (Å²) in [6.07, 6.45) is 2.08. The van der Waals surface area contributed by atoms with Crippen molar-refractivity contribution in [3.8, 4) is 0 Å². The fourth-order valence-electron chi connectivity index (χ4n) is 1.54. The van der Waals surface area contributed by atoms with Crippen LogP contribution in [0.5, 0.6) is 0 Å². The molecular weight excluding hydrogens is 236 g/mol. The zero-order chi connectivity index (χ0) is 12.8. The van der Waals surface area contributed by atoms with Gasteiger partial charge < -0.3 is 5.32 Å². The van der Waals surface area contributed by atoms with Crippen molar-refractivity contribution in [2.75, 3.05) is 23.9 Å². The Bertz CT molecular complexity index is 396. The van der Waals surface area contributed by atoms with Crippen molar-refractivity contribution in [2.45, 2.75) is 13.8 Å². The molecule has 1 N–H and O–H groups in total. The van der Waals surface area contributed by atoms with E-state index in [-0.39, 0.29) is 10.6 Å². The van der Waals surface area contributed by atoms with Crippen LogP contribution in [0.4, 0.5) is 11.4 Å². The molecule has 0 saturated heterocycles. The molecule has 0 spiro atoms. The van der Waals surface area contributed by atoms with E-state index in [1.165, 1.54) is 6.07 Å². The Hall–Kier alpha value is -1.23. The molecule has 0 radical (unpaired) electrons. The highest BCUT2D eigenvalue weighted by Gasteiger charge is 2.09. The third kappa shape index (κ3) is 4.26. The SMILES string of the molecule is CSCC(C)CNc1cc([N+](=O)[O-])ccc1C. The number of benzene rings is 1. The van der Waals surface area contributed by atoms with Crippen LogP contribution in [0.15, 0.2) is 18.2 Å². The zero-order valence-electron chi connectivity index (χ0n) is 10.4. The van der Waals surface area contributed by atoms with Crippen molar-refractivity contribution < 1.29 is 4.92 Å². The number of rotatable bonds is 6. The van der Waals surface area contributed by atoms with Crippen molar-refractivity contribution in [2.24, 2.45) is 5.92 Å². The van der Waals surface area contributed by atoms with Crippen LogP contribution >= 0.6 is 11.8 Å². The summed E-state index contributed by atoms with van der Waals surface area (Å²) in [7, 11) is 0. The van der Waals surface area contributed by atoms with Crippen molar-refractivity contribution >= 4 is 23.1 Å². The number of thioether (sulfide) groups is 1. The first-order valence-corrected chi connectivity index (χ1v) is 6.91. The summed E-state index contributed by atoms with van der Waals surface area (Å²) >= 11 is 1.81. The van der Waals surface area contributed by atoms with Crippen LogP contribution in [0.25, 0.3) is 0 Å². The smallest absolute Gasteiger partial charge is 0.271 e. The number of nitro groups is 1. The highest BCUT2D eigenvalue weighted by atomic mass is 32.2. The van der Waals surface area contributed by atoms with Gasteiger partial charge in [0.1, 0.15) is 0 Å². The van der Waals surface area contributed by atoms with Gasteiger partial charge in [-0.25, -0.2) is 0 Å². The van der Waals surface area contributed by atoms with Gasteiger partial charge >= 0.3 is 0 Å². The predicted octanol–water partition coefficient (Wildman–Crippen LogP) is 3.31. The van der Waals surface area contributed by atoms with Gasteiger partial charge in [-0.3, -0.25) is 10.1 Å². The van der Waals surface area contributed by atoms with Crippen molar-refractivity contribution in [3.63, 3.8) is 0 Å². The molecule has 0 aliphatic heterocycles. The van der Waals surface area contributed by atoms with Gasteiger partial charge in [0, 0.05) is 24.4 Å². The molecule has 4 nitrogen and oxygen atoms in total. The third-order valence-electron chi connectivity index (χ3n) is 2.52. The van der Waals surface area contributed by atoms with Crippen LogP contribution in [0.2, 0.25) is 0 Å². The number of anilines is 1. The molecule has 1 rings (SSSR count). The lowest BCUT2D eigenvalue weighted by Gasteiger charge is -2.13. The highest BCUT2D eigenvalue weighted by molar-refractivity contribution is 7.98. The summed E-state index contributed by atoms with van der Waals surface area (Å²) in [5.74, 6) is 1.63. The molecule has 0 aromatic heterocycles. The van der Waals surface area contributed by atoms with Gasteiger partial charge in [-0.2, -0.15) is 11.8 Å². The molecule has 1 atom stereocenters. The maximum atomic E-state index is 10.7. The molecule has 0 bridgehead atoms. The summed E-state index contributed by atoms with van der Waals surface area (Å²) in [4.78, 5) is 10.3. The van der Waals surface area contributed by atoms with Gasteiger partial charge in [0.15, 0.2) is 0 Å². The van der Waals surface area contributed by atoms with E-state index in [0.717, 1.165) is 23.5 Å². The Morgan fingerprint density at radius 3 is 2.82 bits per heavy atom. The summed E-state index contributed by atoms with van der Waals surface area (Å²) in [5, 5.41) is 14.0. The predicted molar refractivity (Wildman–Crippen MR) is 73.9 cm³/mol. The van der Waals surface area contributed by atoms with Gasteiger partial charge in [0.05, 0.1) is 4.92 Å². The molecule has 5 heteroatoms. The largest absolute Gasteiger partial charge is 0.384 e. The number of hydrogen-bond donors (Lipinski definition) is 1. The Labute approximate surface area is 106 Å². The number of nitrogens with one attached hydrogen (secondary N) is 1. The number of aryl methyl sites for hydroxylation is 1. The van der Waals surface area contributed by atoms with Gasteiger partial charge in [-0.05, 0) is 30.4 Å². The van der Waals surface area contributed by atoms with Crippen LogP contribution in [0.3, 0.4) is 0 Å². The molecule has 0 fully saturated rings. The monoisotopic (exact) mass is 254 g/mol. The lowest BCUT2D eigenvalue weighted by molar-refractivity contribution is -0.384. The first kappa shape index (κ1) is 13.8. The van der Waals surface area contributed by atoms with E-state index in [2.05, 4.69) is 18.5 Å². The van der Waals surface area contributed by atoms with E-state index in [0.29, 0.717) is 5.92 Å². The Morgan fingerprint density at radius 1 is 1.53 bits per heavy atom. The molecule has 17 heavy (non-hydrogen) atoms. The van der Waals surface area contributed by atoms with E-state index in [1.54, 1.807) is 12.1 Å². The summed E-state index contributed by atoms with van der Waals surface area (Å²) in [6.45, 7) is 4.95. The van der Waals surface area contributed by atoms with Crippen LogP contribution < -0.4 is 5.32 Å². The van der Waals surface area contributed by atoms with Crippen molar-refractivity contribution in [1.82, 2.24) is 0 Å². The Kier molecular flexibility index (Phi) is 5.28. The Balaban J connectivity index is 2.69. The summed E-state index contributed by atoms with van der Waals surface area (Å²) in [5.41, 5.74) is 2.02. The first-order valence-electron chi connectivity index (χ1n) is 5.52. The standard InChI is InChI=1S/C12H18N2O2S/c1-9(8-17-3)7-13-12-6-11(14(15)16)5-4-10(12)2/h4-6,9,13H,7-8H2,1-3H3. The Morgan fingerprint density at radius 2 is 2.24 bits per heavy atom. The van der Waals surface area contributed by atoms with Crippen molar-refractivity contribution in [3.05, 3.63) is 33.9 Å². The average Bonchev–Trinajstić information content (AvgIpc) is 2.28. The molecule has 1 aromatic rings. The quantitative estimate of drug-likeness (QED) is 0.625. The van der Waals surface area contributed by atoms with Crippen LogP contribution in [-0.2, 0) is 0 Å². The summed E-state index contributed by atoms with van der Waals surface area (Å²) in [6, 6.07) is 4.91. The van der Waals surface area contributed by atoms with Crippen molar-refractivity contribution in [1.29, 1.82) is 0 Å². The van der Waals surface area contributed by atoms with Crippen LogP contribution in [-0.4, -0.2) is 23.5 Å². The van der Waals surface area contributed by atoms with Gasteiger partial charge in [-0.1, -0.05) is 13.0 Å². The minimum absolute atomic E-state index is 0.135. The number of nitro benzene ring substituents is 1. The van der Waals surface area contributed by atoms with E-state index >= 15 is 0 Å². The minimum Gasteiger partial charge on any atom is -0.384 e. The van der Waals surface area contributed by atoms with Crippen LogP contribution in [0, 0.1) is 23.0 Å². The maximum Gasteiger partial charge on any atom is 0.271 e. The zero-order valence-corrected chi connectivity index (χ0v) is 11.2. The lowest BCUT2D eigenvalue weighted by atomic mass is 10.1. The van der Waals surface area contributed by atoms with Gasteiger partial charge in [-0.15, -0.1) is 0 Å². The second-order valence-corrected chi connectivity index (χ2v) is 5.11. The number of non-ortho nitro benzene ring substituents is 1. The lowest BCUT2D eigenvalue weighted by Crippen LogP contribution is -2.14. The second-order valence-electron chi connectivity index (χ2n) is 4.20. The van der Waals surface area contributed by atoms with E-state index < -0.39 is 0 Å². The molecule has 0 aliphatic carbocycles. The first-order chi connectivity index (χ1) is 8.04. The van der Waals surface area contributed by atoms with Gasteiger partial charge in [0.25, 0.3) is 5.69 Å². The van der Waals surface area contributed by atoms with E-state index in [4.69, 9.17) is 0 Å². The normalized spacial score (nSPS) is 12.2. The molecule has 0 heterocycles. The summed E-state index contributed by atoms with van der Waals surface area (Å²) < 4.78 is 0. The maximum absolute atomic E-state index is 10.7. The molecule has 1 aromatic carbocycles. The van der Waals surface area contributed by atoms with E-state index in [9.17, 15) is 10.1 Å². The highest BCUT2D eigenvalue weighted by Crippen LogP contribution is 2.22. The average molecular weight is 254 g/mol. The van der Waals surface area contributed by atoms with E-state index in [1.807, 2.05) is 18.7 Å².